The van der Waals surface area contributed by atoms with Crippen LogP contribution in [0.1, 0.15) is 140 Å². The molecule has 2 fully saturated rings. The molecule has 2 aliphatic rings. The number of anilines is 2. The molecule has 0 unspecified atom stereocenters. The highest BCUT2D eigenvalue weighted by atomic mass is 16.4. The average Bonchev–Trinajstić information content (AvgIpc) is 4.05. The number of rotatable bonds is 22. The lowest BCUT2D eigenvalue weighted by Crippen LogP contribution is -2.20. The van der Waals surface area contributed by atoms with Gasteiger partial charge in [-0.2, -0.15) is 10.2 Å². The second kappa shape index (κ2) is 25.6. The maximum absolute atomic E-state index is 9.55. The third-order valence-corrected chi connectivity index (χ3v) is 10.7. The van der Waals surface area contributed by atoms with Crippen LogP contribution in [0, 0.1) is 0 Å². The van der Waals surface area contributed by atoms with Crippen molar-refractivity contribution in [2.45, 2.75) is 142 Å². The highest BCUT2D eigenvalue weighted by molar-refractivity contribution is 5.89. The van der Waals surface area contributed by atoms with E-state index in [2.05, 4.69) is 54.0 Å². The predicted octanol–water partition coefficient (Wildman–Crippen LogP) is 6.66. The highest BCUT2D eigenvalue weighted by Gasteiger charge is 2.15. The molecule has 2 aliphatic heterocycles. The molecule has 0 amide bonds. The van der Waals surface area contributed by atoms with Crippen molar-refractivity contribution in [3.8, 4) is 0 Å². The van der Waals surface area contributed by atoms with Crippen LogP contribution in [0.15, 0.2) is 12.2 Å². The highest BCUT2D eigenvalue weighted by Crippen LogP contribution is 2.23. The summed E-state index contributed by atoms with van der Waals surface area (Å²) in [5.74, 6) is 0.188. The molecule has 16 nitrogen and oxygen atoms in total. The predicted molar refractivity (Wildman–Crippen MR) is 230 cm³/mol. The van der Waals surface area contributed by atoms with Gasteiger partial charge in [0.25, 0.3) is 0 Å². The van der Waals surface area contributed by atoms with Crippen LogP contribution in [0.2, 0.25) is 0 Å². The fourth-order valence-electron chi connectivity index (χ4n) is 7.41. The van der Waals surface area contributed by atoms with Crippen molar-refractivity contribution < 1.29 is 19.8 Å². The number of aromatic amines is 2. The van der Waals surface area contributed by atoms with Gasteiger partial charge in [-0.1, -0.05) is 52.4 Å². The van der Waals surface area contributed by atoms with Gasteiger partial charge in [0.2, 0.25) is 0 Å². The van der Waals surface area contributed by atoms with Crippen LogP contribution in [-0.2, 0) is 35.3 Å². The standard InChI is InChI=1S/2C19H32N6.C4H4O4/c2*1-2-3-11-16-21-17-15(23-24-18(17)19(20)22-16)10-6-4-5-7-12-25-13-8-9-14-25;5-3(6)1-2-4(7)8/h2*2-14H2,1H3,(H,23,24)(H2,20,21,22);1-2H,(H,5,6)(H,7,8)/b;;2-1-. The molecule has 8 N–H and O–H groups in total. The molecule has 0 atom stereocenters. The van der Waals surface area contributed by atoms with Gasteiger partial charge < -0.3 is 31.5 Å². The van der Waals surface area contributed by atoms with Gasteiger partial charge in [0.15, 0.2) is 22.7 Å². The van der Waals surface area contributed by atoms with E-state index in [1.54, 1.807) is 0 Å². The molecule has 0 aliphatic carbocycles. The molecule has 2 saturated heterocycles. The Kier molecular flexibility index (Phi) is 20.3. The number of H-pyrrole nitrogens is 2. The molecule has 320 valence electrons. The van der Waals surface area contributed by atoms with E-state index in [0.717, 1.165) is 96.5 Å². The molecule has 6 heterocycles. The third kappa shape index (κ3) is 15.9. The number of hydrogen-bond acceptors (Lipinski definition) is 12. The summed E-state index contributed by atoms with van der Waals surface area (Å²) in [4.78, 5) is 42.5. The Hall–Kier alpha value is -4.70. The quantitative estimate of drug-likeness (QED) is 0.0359. The Morgan fingerprint density at radius 3 is 1.29 bits per heavy atom. The topological polar surface area (TPSA) is 242 Å². The number of nitrogens with zero attached hydrogens (tertiary/aromatic N) is 8. The molecule has 0 radical (unpaired) electrons. The minimum absolute atomic E-state index is 0.504. The summed E-state index contributed by atoms with van der Waals surface area (Å²) in [6.45, 7) is 12.1. The number of nitrogen functional groups attached to an aromatic ring is 2. The van der Waals surface area contributed by atoms with E-state index >= 15 is 0 Å². The molecule has 4 aromatic rings. The van der Waals surface area contributed by atoms with E-state index in [4.69, 9.17) is 31.6 Å². The van der Waals surface area contributed by atoms with Crippen molar-refractivity contribution in [3.63, 3.8) is 0 Å². The van der Waals surface area contributed by atoms with E-state index in [1.807, 2.05) is 0 Å². The van der Waals surface area contributed by atoms with E-state index in [9.17, 15) is 9.59 Å². The number of nitrogens with two attached hydrogens (primary N) is 2. The Morgan fingerprint density at radius 1 is 0.552 bits per heavy atom. The Labute approximate surface area is 343 Å². The normalized spacial score (nSPS) is 14.6. The molecular formula is C42H68N12O4. The number of likely N-dealkylation sites (tertiary alicyclic amines) is 2. The monoisotopic (exact) mass is 805 g/mol. The summed E-state index contributed by atoms with van der Waals surface area (Å²) in [7, 11) is 0. The fourth-order valence-corrected chi connectivity index (χ4v) is 7.41. The minimum atomic E-state index is -1.26. The average molecular weight is 805 g/mol. The zero-order chi connectivity index (χ0) is 41.5. The second-order valence-corrected chi connectivity index (χ2v) is 15.5. The second-order valence-electron chi connectivity index (χ2n) is 15.5. The molecule has 0 spiro atoms. The van der Waals surface area contributed by atoms with Crippen LogP contribution in [0.4, 0.5) is 11.6 Å². The van der Waals surface area contributed by atoms with Crippen LogP contribution in [0.5, 0.6) is 0 Å². The molecule has 16 heteroatoms. The lowest BCUT2D eigenvalue weighted by Gasteiger charge is -2.13. The molecule has 0 saturated carbocycles. The first-order valence-electron chi connectivity index (χ1n) is 21.8. The summed E-state index contributed by atoms with van der Waals surface area (Å²) in [5, 5.41) is 30.5. The number of aliphatic carboxylic acids is 2. The third-order valence-electron chi connectivity index (χ3n) is 10.7. The van der Waals surface area contributed by atoms with Crippen LogP contribution in [-0.4, -0.2) is 112 Å². The van der Waals surface area contributed by atoms with Gasteiger partial charge in [0, 0.05) is 25.0 Å². The van der Waals surface area contributed by atoms with Crippen molar-refractivity contribution in [2.24, 2.45) is 0 Å². The van der Waals surface area contributed by atoms with Crippen molar-refractivity contribution in [3.05, 3.63) is 35.2 Å². The van der Waals surface area contributed by atoms with E-state index in [1.165, 1.54) is 116 Å². The minimum Gasteiger partial charge on any atom is -0.478 e. The van der Waals surface area contributed by atoms with Crippen molar-refractivity contribution in [1.29, 1.82) is 0 Å². The summed E-state index contributed by atoms with van der Waals surface area (Å²) in [6.07, 6.45) is 25.0. The van der Waals surface area contributed by atoms with Crippen molar-refractivity contribution in [2.75, 3.05) is 50.7 Å². The number of unbranched alkanes of at least 4 members (excludes halogenated alkanes) is 8. The van der Waals surface area contributed by atoms with E-state index in [-0.39, 0.29) is 0 Å². The largest absolute Gasteiger partial charge is 0.478 e. The number of fused-ring (bicyclic) bond motifs is 2. The first-order chi connectivity index (χ1) is 28.2. The Balaban J connectivity index is 0.000000217. The zero-order valence-electron chi connectivity index (χ0n) is 35.0. The SMILES string of the molecule is CCCCc1nc(N)c2n[nH]c(CCCCCCN3CCCC3)c2n1.CCCCc1nc(N)c2n[nH]c(CCCCCCN3CCCC3)c2n1.O=C(O)/C=C\C(=O)O. The molecule has 6 rings (SSSR count). The van der Waals surface area contributed by atoms with E-state index < -0.39 is 11.9 Å². The number of hydrogen-bond donors (Lipinski definition) is 6. The molecule has 58 heavy (non-hydrogen) atoms. The maximum atomic E-state index is 9.55. The van der Waals surface area contributed by atoms with Gasteiger partial charge in [-0.25, -0.2) is 29.5 Å². The lowest BCUT2D eigenvalue weighted by atomic mass is 10.1. The smallest absolute Gasteiger partial charge is 0.328 e. The van der Waals surface area contributed by atoms with Gasteiger partial charge in [-0.15, -0.1) is 0 Å². The van der Waals surface area contributed by atoms with Crippen molar-refractivity contribution >= 4 is 45.6 Å². The molecule has 4 aromatic heterocycles. The first kappa shape index (κ1) is 46.0. The van der Waals surface area contributed by atoms with Crippen molar-refractivity contribution in [1.82, 2.24) is 50.1 Å². The molecular weight excluding hydrogens is 737 g/mol. The molecule has 0 aromatic carbocycles. The summed E-state index contributed by atoms with van der Waals surface area (Å²) >= 11 is 0. The summed E-state index contributed by atoms with van der Waals surface area (Å²) < 4.78 is 0. The van der Waals surface area contributed by atoms with Crippen LogP contribution in [0.3, 0.4) is 0 Å². The van der Waals surface area contributed by atoms with Gasteiger partial charge in [0.1, 0.15) is 22.7 Å². The molecule has 0 bridgehead atoms. The first-order valence-corrected chi connectivity index (χ1v) is 21.8. The zero-order valence-corrected chi connectivity index (χ0v) is 35.0. The Morgan fingerprint density at radius 2 is 0.931 bits per heavy atom. The van der Waals surface area contributed by atoms with E-state index in [0.29, 0.717) is 23.8 Å². The van der Waals surface area contributed by atoms with Crippen LogP contribution < -0.4 is 11.5 Å². The number of aryl methyl sites for hydroxylation is 4. The number of carboxylic acid groups (broad SMARTS) is 2. The lowest BCUT2D eigenvalue weighted by molar-refractivity contribution is -0.134. The Bertz CT molecular complexity index is 1710. The van der Waals surface area contributed by atoms with Crippen LogP contribution in [0.25, 0.3) is 22.1 Å². The maximum Gasteiger partial charge on any atom is 0.328 e. The van der Waals surface area contributed by atoms with Gasteiger partial charge in [-0.05, 0) is 116 Å². The fraction of sp³-hybridized carbons (Fsp3) is 0.667. The van der Waals surface area contributed by atoms with Gasteiger partial charge in [0.05, 0.1) is 11.4 Å². The van der Waals surface area contributed by atoms with Gasteiger partial charge >= 0.3 is 11.9 Å². The summed E-state index contributed by atoms with van der Waals surface area (Å²) in [6, 6.07) is 0. The number of nitrogens with one attached hydrogen (secondary N) is 2. The number of carbonyl (C=O) groups is 2. The number of carboxylic acids is 2. The van der Waals surface area contributed by atoms with Crippen LogP contribution >= 0.6 is 0 Å². The number of aromatic nitrogens is 8. The summed E-state index contributed by atoms with van der Waals surface area (Å²) in [5.41, 5.74) is 17.6. The van der Waals surface area contributed by atoms with Gasteiger partial charge in [-0.3, -0.25) is 10.2 Å².